The summed E-state index contributed by atoms with van der Waals surface area (Å²) in [6.07, 6.45) is 4.57. The summed E-state index contributed by atoms with van der Waals surface area (Å²) in [5.74, 6) is 0.238. The molecule has 0 aliphatic carbocycles. The Morgan fingerprint density at radius 1 is 1.53 bits per heavy atom. The average molecular weight is 208 g/mol. The van der Waals surface area contributed by atoms with E-state index < -0.39 is 0 Å². The largest absolute Gasteiger partial charge is 0.367 e. The molecule has 0 radical (unpaired) electrons. The Hall–Kier alpha value is -1.09. The topological polar surface area (TPSA) is 44.9 Å². The van der Waals surface area contributed by atoms with Crippen LogP contribution in [0.5, 0.6) is 0 Å². The van der Waals surface area contributed by atoms with Crippen LogP contribution in [0.25, 0.3) is 0 Å². The predicted molar refractivity (Wildman–Crippen MR) is 62.0 cm³/mol. The number of aromatic amines is 1. The molecule has 0 bridgehead atoms. The van der Waals surface area contributed by atoms with Gasteiger partial charge in [-0.1, -0.05) is 13.8 Å². The van der Waals surface area contributed by atoms with Crippen molar-refractivity contribution in [1.29, 1.82) is 0 Å². The van der Waals surface area contributed by atoms with Crippen LogP contribution in [0.2, 0.25) is 0 Å². The third kappa shape index (κ3) is 3.88. The van der Waals surface area contributed by atoms with Gasteiger partial charge < -0.3 is 10.3 Å². The summed E-state index contributed by atoms with van der Waals surface area (Å²) in [5.41, 5.74) is 1.40. The molecule has 0 aromatic carbocycles. The van der Waals surface area contributed by atoms with Crippen molar-refractivity contribution >= 4 is 5.78 Å². The molecule has 0 amide bonds. The van der Waals surface area contributed by atoms with Crippen LogP contribution in [0.4, 0.5) is 0 Å². The summed E-state index contributed by atoms with van der Waals surface area (Å²) in [4.78, 5) is 13.8. The first-order valence-corrected chi connectivity index (χ1v) is 5.36. The van der Waals surface area contributed by atoms with Gasteiger partial charge in [0.2, 0.25) is 0 Å². The van der Waals surface area contributed by atoms with Crippen molar-refractivity contribution in [3.8, 4) is 0 Å². The zero-order valence-electron chi connectivity index (χ0n) is 9.76. The van der Waals surface area contributed by atoms with Gasteiger partial charge >= 0.3 is 0 Å². The van der Waals surface area contributed by atoms with E-state index in [1.165, 1.54) is 5.56 Å². The smallest absolute Gasteiger partial charge is 0.131 e. The Kier molecular flexibility index (Phi) is 4.09. The molecule has 3 nitrogen and oxygen atoms in total. The molecule has 15 heavy (non-hydrogen) atoms. The predicted octanol–water partition coefficient (Wildman–Crippen LogP) is 1.86. The number of hydrogen-bond donors (Lipinski definition) is 2. The van der Waals surface area contributed by atoms with Gasteiger partial charge in [0, 0.05) is 37.3 Å². The van der Waals surface area contributed by atoms with Gasteiger partial charge in [0.15, 0.2) is 0 Å². The van der Waals surface area contributed by atoms with E-state index in [9.17, 15) is 4.79 Å². The van der Waals surface area contributed by atoms with Gasteiger partial charge in [-0.15, -0.1) is 0 Å². The number of nitrogens with one attached hydrogen (secondary N) is 2. The molecule has 84 valence electrons. The Morgan fingerprint density at radius 3 is 2.80 bits per heavy atom. The zero-order valence-corrected chi connectivity index (χ0v) is 9.76. The highest BCUT2D eigenvalue weighted by Crippen LogP contribution is 2.21. The second kappa shape index (κ2) is 5.12. The molecule has 0 unspecified atom stereocenters. The molecule has 3 heteroatoms. The quantitative estimate of drug-likeness (QED) is 0.701. The molecule has 2 N–H and O–H groups in total. The molecule has 1 aromatic heterocycles. The van der Waals surface area contributed by atoms with Gasteiger partial charge in [-0.05, 0) is 18.6 Å². The molecular weight excluding hydrogens is 188 g/mol. The first-order valence-electron chi connectivity index (χ1n) is 5.36. The normalized spacial score (nSPS) is 11.7. The lowest BCUT2D eigenvalue weighted by Gasteiger charge is -2.24. The van der Waals surface area contributed by atoms with Crippen LogP contribution in [0, 0.1) is 0 Å². The summed E-state index contributed by atoms with van der Waals surface area (Å²) in [6, 6.07) is 2.09. The monoisotopic (exact) mass is 208 g/mol. The SMILES string of the molecule is CC(=O)CCNCC(C)(C)c1cc[nH]c1. The van der Waals surface area contributed by atoms with Crippen molar-refractivity contribution in [3.63, 3.8) is 0 Å². The molecule has 1 heterocycles. The molecule has 0 aliphatic heterocycles. The third-order valence-electron chi connectivity index (χ3n) is 2.60. The van der Waals surface area contributed by atoms with E-state index in [1.54, 1.807) is 6.92 Å². The molecule has 0 aliphatic rings. The summed E-state index contributed by atoms with van der Waals surface area (Å²) in [7, 11) is 0. The number of carbonyl (C=O) groups excluding carboxylic acids is 1. The highest BCUT2D eigenvalue weighted by molar-refractivity contribution is 5.75. The Balaban J connectivity index is 2.34. The highest BCUT2D eigenvalue weighted by atomic mass is 16.1. The maximum absolute atomic E-state index is 10.8. The van der Waals surface area contributed by atoms with Crippen LogP contribution in [0.3, 0.4) is 0 Å². The van der Waals surface area contributed by atoms with Crippen molar-refractivity contribution in [2.45, 2.75) is 32.6 Å². The summed E-state index contributed by atoms with van der Waals surface area (Å²) in [5, 5.41) is 3.31. The van der Waals surface area contributed by atoms with E-state index in [0.29, 0.717) is 6.42 Å². The summed E-state index contributed by atoms with van der Waals surface area (Å²) in [6.45, 7) is 7.66. The van der Waals surface area contributed by atoms with Crippen LogP contribution < -0.4 is 5.32 Å². The first kappa shape index (κ1) is 12.0. The fourth-order valence-electron chi connectivity index (χ4n) is 1.51. The number of aromatic nitrogens is 1. The number of carbonyl (C=O) groups is 1. The van der Waals surface area contributed by atoms with E-state index in [1.807, 2.05) is 12.4 Å². The molecular formula is C12H20N2O. The Morgan fingerprint density at radius 2 is 2.27 bits per heavy atom. The lowest BCUT2D eigenvalue weighted by Crippen LogP contribution is -2.33. The van der Waals surface area contributed by atoms with Crippen molar-refractivity contribution in [2.75, 3.05) is 13.1 Å². The first-order chi connectivity index (χ1) is 7.02. The molecule has 1 rings (SSSR count). The van der Waals surface area contributed by atoms with Gasteiger partial charge in [-0.25, -0.2) is 0 Å². The molecule has 1 aromatic rings. The minimum absolute atomic E-state index is 0.108. The number of hydrogen-bond acceptors (Lipinski definition) is 2. The zero-order chi connectivity index (χ0) is 11.3. The number of rotatable bonds is 6. The minimum atomic E-state index is 0.108. The van der Waals surface area contributed by atoms with E-state index in [2.05, 4.69) is 30.2 Å². The fraction of sp³-hybridized carbons (Fsp3) is 0.583. The standard InChI is InChI=1S/C12H20N2O/c1-10(15)4-6-14-9-12(2,3)11-5-7-13-8-11/h5,7-8,13-14H,4,6,9H2,1-3H3. The van der Waals surface area contributed by atoms with E-state index >= 15 is 0 Å². The van der Waals surface area contributed by atoms with Crippen LogP contribution >= 0.6 is 0 Å². The van der Waals surface area contributed by atoms with E-state index in [-0.39, 0.29) is 11.2 Å². The van der Waals surface area contributed by atoms with Crippen LogP contribution in [-0.4, -0.2) is 23.9 Å². The molecule has 0 fully saturated rings. The van der Waals surface area contributed by atoms with Crippen LogP contribution in [0.1, 0.15) is 32.8 Å². The lowest BCUT2D eigenvalue weighted by molar-refractivity contribution is -0.116. The average Bonchev–Trinajstić information content (AvgIpc) is 2.65. The maximum atomic E-state index is 10.8. The van der Waals surface area contributed by atoms with E-state index in [0.717, 1.165) is 13.1 Å². The van der Waals surface area contributed by atoms with Gasteiger partial charge in [0.1, 0.15) is 5.78 Å². The second-order valence-corrected chi connectivity index (χ2v) is 4.61. The highest BCUT2D eigenvalue weighted by Gasteiger charge is 2.20. The minimum Gasteiger partial charge on any atom is -0.367 e. The lowest BCUT2D eigenvalue weighted by atomic mass is 9.86. The summed E-state index contributed by atoms with van der Waals surface area (Å²) >= 11 is 0. The van der Waals surface area contributed by atoms with Gasteiger partial charge in [0.25, 0.3) is 0 Å². The van der Waals surface area contributed by atoms with Crippen molar-refractivity contribution < 1.29 is 4.79 Å². The molecule has 0 spiro atoms. The van der Waals surface area contributed by atoms with Crippen molar-refractivity contribution in [3.05, 3.63) is 24.0 Å². The second-order valence-electron chi connectivity index (χ2n) is 4.61. The fourth-order valence-corrected chi connectivity index (χ4v) is 1.51. The number of Topliss-reactive ketones (excluding diaryl/α,β-unsaturated/α-hetero) is 1. The molecule has 0 saturated carbocycles. The maximum Gasteiger partial charge on any atom is 0.131 e. The van der Waals surface area contributed by atoms with Crippen LogP contribution in [-0.2, 0) is 10.2 Å². The van der Waals surface area contributed by atoms with E-state index in [4.69, 9.17) is 0 Å². The Labute approximate surface area is 91.3 Å². The van der Waals surface area contributed by atoms with Crippen LogP contribution in [0.15, 0.2) is 18.5 Å². The third-order valence-corrected chi connectivity index (χ3v) is 2.60. The molecule has 0 saturated heterocycles. The summed E-state index contributed by atoms with van der Waals surface area (Å²) < 4.78 is 0. The van der Waals surface area contributed by atoms with Gasteiger partial charge in [-0.2, -0.15) is 0 Å². The van der Waals surface area contributed by atoms with Crippen molar-refractivity contribution in [2.24, 2.45) is 0 Å². The number of H-pyrrole nitrogens is 1. The molecule has 0 atom stereocenters. The van der Waals surface area contributed by atoms with Gasteiger partial charge in [0.05, 0.1) is 0 Å². The Bertz CT molecular complexity index is 301. The van der Waals surface area contributed by atoms with Crippen molar-refractivity contribution in [1.82, 2.24) is 10.3 Å². The number of ketones is 1. The van der Waals surface area contributed by atoms with Gasteiger partial charge in [-0.3, -0.25) is 4.79 Å².